The van der Waals surface area contributed by atoms with E-state index in [1.807, 2.05) is 0 Å². The number of carboxylic acid groups (broad SMARTS) is 1. The molecule has 2 fully saturated rings. The number of pyridine rings is 1. The van der Waals surface area contributed by atoms with Gasteiger partial charge in [0.2, 0.25) is 11.8 Å². The summed E-state index contributed by atoms with van der Waals surface area (Å²) >= 11 is 0. The summed E-state index contributed by atoms with van der Waals surface area (Å²) < 4.78 is 0. The highest BCUT2D eigenvalue weighted by Crippen LogP contribution is 2.31. The molecule has 11 nitrogen and oxygen atoms in total. The Kier molecular flexibility index (Phi) is 5.23. The highest BCUT2D eigenvalue weighted by atomic mass is 16.4. The summed E-state index contributed by atoms with van der Waals surface area (Å²) in [5.41, 5.74) is 1.42. The van der Waals surface area contributed by atoms with E-state index in [-0.39, 0.29) is 29.5 Å². The van der Waals surface area contributed by atoms with Gasteiger partial charge < -0.3 is 14.9 Å². The zero-order valence-electron chi connectivity index (χ0n) is 18.1. The van der Waals surface area contributed by atoms with Crippen molar-refractivity contribution in [1.29, 1.82) is 0 Å². The summed E-state index contributed by atoms with van der Waals surface area (Å²) in [6.45, 7) is 2.57. The Bertz CT molecular complexity index is 1220. The van der Waals surface area contributed by atoms with Gasteiger partial charge in [0, 0.05) is 44.5 Å². The molecule has 174 valence electrons. The van der Waals surface area contributed by atoms with Crippen molar-refractivity contribution in [2.75, 3.05) is 36.0 Å². The van der Waals surface area contributed by atoms with Gasteiger partial charge in [-0.1, -0.05) is 0 Å². The van der Waals surface area contributed by atoms with Gasteiger partial charge >= 0.3 is 5.97 Å². The number of nitrogens with one attached hydrogen (secondary N) is 1. The maximum atomic E-state index is 13.0. The molecule has 34 heavy (non-hydrogen) atoms. The van der Waals surface area contributed by atoms with E-state index < -0.39 is 35.6 Å². The average molecular weight is 463 g/mol. The number of aromatic carboxylic acids is 1. The summed E-state index contributed by atoms with van der Waals surface area (Å²) in [7, 11) is 0. The smallest absolute Gasteiger partial charge is 0.337 e. The molecule has 4 heterocycles. The summed E-state index contributed by atoms with van der Waals surface area (Å²) in [5.74, 6) is -2.43. The lowest BCUT2D eigenvalue weighted by atomic mass is 10.0. The van der Waals surface area contributed by atoms with Crippen LogP contribution >= 0.6 is 0 Å². The highest BCUT2D eigenvalue weighted by Gasteiger charge is 2.44. The third-order valence-electron chi connectivity index (χ3n) is 6.39. The van der Waals surface area contributed by atoms with Gasteiger partial charge in [0.25, 0.3) is 11.8 Å². The van der Waals surface area contributed by atoms with Crippen LogP contribution in [0.1, 0.15) is 43.9 Å². The monoisotopic (exact) mass is 463 g/mol. The molecule has 2 aromatic rings. The molecular formula is C23H21N5O6. The second-order valence-corrected chi connectivity index (χ2v) is 8.36. The Morgan fingerprint density at radius 1 is 0.941 bits per heavy atom. The van der Waals surface area contributed by atoms with Crippen LogP contribution in [0.5, 0.6) is 0 Å². The second-order valence-electron chi connectivity index (χ2n) is 8.36. The largest absolute Gasteiger partial charge is 0.478 e. The first-order chi connectivity index (χ1) is 16.3. The van der Waals surface area contributed by atoms with Crippen LogP contribution < -0.4 is 15.1 Å². The predicted octanol–water partition coefficient (Wildman–Crippen LogP) is 0.508. The van der Waals surface area contributed by atoms with E-state index in [1.165, 1.54) is 12.3 Å². The van der Waals surface area contributed by atoms with Crippen molar-refractivity contribution < 1.29 is 29.1 Å². The molecule has 0 radical (unpaired) electrons. The second kappa shape index (κ2) is 8.25. The molecule has 0 aliphatic carbocycles. The number of carbonyl (C=O) groups is 5. The predicted molar refractivity (Wildman–Crippen MR) is 119 cm³/mol. The fourth-order valence-corrected chi connectivity index (χ4v) is 4.55. The number of nitrogens with zero attached hydrogens (tertiary/aromatic N) is 4. The van der Waals surface area contributed by atoms with Crippen LogP contribution in [-0.4, -0.2) is 76.8 Å². The zero-order chi connectivity index (χ0) is 24.0. The minimum absolute atomic E-state index is 0.0766. The molecule has 5 rings (SSSR count). The third kappa shape index (κ3) is 3.64. The molecule has 0 bridgehead atoms. The van der Waals surface area contributed by atoms with Gasteiger partial charge in [-0.25, -0.2) is 9.78 Å². The Morgan fingerprint density at radius 2 is 1.65 bits per heavy atom. The number of piperazine rings is 1. The van der Waals surface area contributed by atoms with E-state index in [0.717, 1.165) is 10.6 Å². The lowest BCUT2D eigenvalue weighted by Crippen LogP contribution is -2.54. The summed E-state index contributed by atoms with van der Waals surface area (Å²) in [6.07, 6.45) is 1.53. The lowest BCUT2D eigenvalue weighted by molar-refractivity contribution is -0.136. The number of aromatic nitrogens is 1. The molecule has 4 amide bonds. The van der Waals surface area contributed by atoms with Crippen molar-refractivity contribution in [1.82, 2.24) is 15.2 Å². The van der Waals surface area contributed by atoms with Crippen LogP contribution in [-0.2, 0) is 9.59 Å². The Morgan fingerprint density at radius 3 is 2.29 bits per heavy atom. The van der Waals surface area contributed by atoms with E-state index >= 15 is 0 Å². The molecule has 1 unspecified atom stereocenters. The highest BCUT2D eigenvalue weighted by molar-refractivity contribution is 6.23. The topological polar surface area (TPSA) is 140 Å². The normalized spacial score (nSPS) is 20.5. The molecule has 0 spiro atoms. The summed E-state index contributed by atoms with van der Waals surface area (Å²) in [5, 5.41) is 11.2. The first-order valence-electron chi connectivity index (χ1n) is 10.9. The van der Waals surface area contributed by atoms with Gasteiger partial charge in [0.05, 0.1) is 16.7 Å². The van der Waals surface area contributed by atoms with E-state index in [2.05, 4.69) is 20.1 Å². The van der Waals surface area contributed by atoms with Crippen molar-refractivity contribution >= 4 is 41.1 Å². The maximum absolute atomic E-state index is 13.0. The SMILES string of the molecule is O=C1CCC(N2C(=O)c3ccc(N4CCN(c5ccc(C(=O)O)cn5)CC4)cc3C2=O)C(=O)N1. The number of rotatable bonds is 4. The van der Waals surface area contributed by atoms with Crippen LogP contribution in [0.4, 0.5) is 11.5 Å². The number of benzene rings is 1. The molecule has 2 saturated heterocycles. The van der Waals surface area contributed by atoms with Crippen molar-refractivity contribution in [3.63, 3.8) is 0 Å². The number of hydrogen-bond donors (Lipinski definition) is 2. The number of amides is 4. The molecule has 3 aliphatic heterocycles. The summed E-state index contributed by atoms with van der Waals surface area (Å²) in [6, 6.07) is 7.29. The lowest BCUT2D eigenvalue weighted by Gasteiger charge is -2.36. The Hall–Kier alpha value is -4.28. The molecule has 1 aromatic heterocycles. The number of imide groups is 2. The molecule has 1 aromatic carbocycles. The minimum Gasteiger partial charge on any atom is -0.478 e. The van der Waals surface area contributed by atoms with Crippen LogP contribution in [0.2, 0.25) is 0 Å². The Balaban J connectivity index is 1.29. The van der Waals surface area contributed by atoms with Crippen molar-refractivity contribution in [2.45, 2.75) is 18.9 Å². The molecular weight excluding hydrogens is 442 g/mol. The quantitative estimate of drug-likeness (QED) is 0.621. The number of hydrogen-bond acceptors (Lipinski definition) is 8. The van der Waals surface area contributed by atoms with Gasteiger partial charge in [-0.3, -0.25) is 29.4 Å². The van der Waals surface area contributed by atoms with E-state index in [4.69, 9.17) is 5.11 Å². The first-order valence-corrected chi connectivity index (χ1v) is 10.9. The number of carboxylic acids is 1. The standard InChI is InChI=1S/C23H21N5O6/c29-19-6-4-17(20(30)25-19)28-21(31)15-3-2-14(11-16(15)22(28)32)26-7-9-27(10-8-26)18-5-1-13(12-24-18)23(33)34/h1-3,5,11-12,17H,4,6-10H2,(H,33,34)(H,25,29,30). The van der Waals surface area contributed by atoms with Crippen LogP contribution in [0, 0.1) is 0 Å². The molecule has 2 N–H and O–H groups in total. The third-order valence-corrected chi connectivity index (χ3v) is 6.39. The van der Waals surface area contributed by atoms with Crippen LogP contribution in [0.15, 0.2) is 36.5 Å². The minimum atomic E-state index is -1.02. The fourth-order valence-electron chi connectivity index (χ4n) is 4.55. The number of piperidine rings is 1. The number of carbonyl (C=O) groups excluding carboxylic acids is 4. The van der Waals surface area contributed by atoms with E-state index in [0.29, 0.717) is 32.0 Å². The maximum Gasteiger partial charge on any atom is 0.337 e. The van der Waals surface area contributed by atoms with Crippen molar-refractivity contribution in [3.05, 3.63) is 53.2 Å². The zero-order valence-corrected chi connectivity index (χ0v) is 18.1. The van der Waals surface area contributed by atoms with Gasteiger partial charge in [-0.2, -0.15) is 0 Å². The average Bonchev–Trinajstić information content (AvgIpc) is 3.09. The number of anilines is 2. The molecule has 3 aliphatic rings. The van der Waals surface area contributed by atoms with Crippen LogP contribution in [0.25, 0.3) is 0 Å². The van der Waals surface area contributed by atoms with Crippen molar-refractivity contribution in [3.8, 4) is 0 Å². The summed E-state index contributed by atoms with van der Waals surface area (Å²) in [4.78, 5) is 69.9. The first kappa shape index (κ1) is 21.6. The van der Waals surface area contributed by atoms with Gasteiger partial charge in [-0.05, 0) is 36.8 Å². The fraction of sp³-hybridized carbons (Fsp3) is 0.304. The Labute approximate surface area is 194 Å². The van der Waals surface area contributed by atoms with E-state index in [1.54, 1.807) is 24.3 Å². The molecule has 0 saturated carbocycles. The van der Waals surface area contributed by atoms with Gasteiger partial charge in [-0.15, -0.1) is 0 Å². The molecule has 1 atom stereocenters. The number of fused-ring (bicyclic) bond motifs is 1. The van der Waals surface area contributed by atoms with Gasteiger partial charge in [0.15, 0.2) is 0 Å². The van der Waals surface area contributed by atoms with E-state index in [9.17, 15) is 24.0 Å². The molecule has 11 heteroatoms. The van der Waals surface area contributed by atoms with Crippen LogP contribution in [0.3, 0.4) is 0 Å². The van der Waals surface area contributed by atoms with Crippen molar-refractivity contribution in [2.24, 2.45) is 0 Å². The van der Waals surface area contributed by atoms with Gasteiger partial charge in [0.1, 0.15) is 11.9 Å².